The monoisotopic (exact) mass is 301 g/mol. The Morgan fingerprint density at radius 1 is 1.00 bits per heavy atom. The molecule has 1 aliphatic rings. The number of hydrogen-bond acceptors (Lipinski definition) is 2. The van der Waals surface area contributed by atoms with Crippen LogP contribution in [0.5, 0.6) is 0 Å². The zero-order valence-electron chi connectivity index (χ0n) is 13.4. The highest BCUT2D eigenvalue weighted by Gasteiger charge is 2.15. The predicted molar refractivity (Wildman–Crippen MR) is 96.5 cm³/mol. The maximum Gasteiger partial charge on any atom is 0.141 e. The van der Waals surface area contributed by atoms with Gasteiger partial charge in [0.15, 0.2) is 0 Å². The molecule has 2 heterocycles. The second-order valence-electron chi connectivity index (χ2n) is 5.85. The second kappa shape index (κ2) is 5.43. The molecule has 0 fully saturated rings. The predicted octanol–water partition coefficient (Wildman–Crippen LogP) is 4.44. The minimum absolute atomic E-state index is 0.906. The number of benzene rings is 2. The summed E-state index contributed by atoms with van der Waals surface area (Å²) in [5, 5.41) is 0. The number of aromatic nitrogens is 2. The van der Waals surface area contributed by atoms with Crippen LogP contribution in [-0.4, -0.2) is 16.1 Å². The molecule has 114 valence electrons. The van der Waals surface area contributed by atoms with Crippen molar-refractivity contribution < 1.29 is 0 Å². The van der Waals surface area contributed by atoms with Crippen molar-refractivity contribution in [3.05, 3.63) is 72.5 Å². The minimum Gasteiger partial charge on any atom is -0.344 e. The van der Waals surface area contributed by atoms with Crippen molar-refractivity contribution >= 4 is 16.7 Å². The van der Waals surface area contributed by atoms with Gasteiger partial charge in [0.05, 0.1) is 11.0 Å². The number of imidazole rings is 1. The van der Waals surface area contributed by atoms with Crippen LogP contribution >= 0.6 is 0 Å². The number of allylic oxidation sites excluding steroid dienone is 2. The van der Waals surface area contributed by atoms with Crippen LogP contribution in [0.1, 0.15) is 5.56 Å². The van der Waals surface area contributed by atoms with Gasteiger partial charge in [0.1, 0.15) is 5.82 Å². The average Bonchev–Trinajstić information content (AvgIpc) is 2.93. The molecule has 0 spiro atoms. The first kappa shape index (κ1) is 13.8. The highest BCUT2D eigenvalue weighted by molar-refractivity contribution is 5.82. The summed E-state index contributed by atoms with van der Waals surface area (Å²) in [7, 11) is 2.08. The van der Waals surface area contributed by atoms with E-state index in [2.05, 4.69) is 84.3 Å². The van der Waals surface area contributed by atoms with Crippen molar-refractivity contribution in [3.63, 3.8) is 0 Å². The summed E-state index contributed by atoms with van der Waals surface area (Å²) >= 11 is 0. The molecular formula is C20H19N3. The maximum atomic E-state index is 4.84. The lowest BCUT2D eigenvalue weighted by molar-refractivity contribution is 0.956. The van der Waals surface area contributed by atoms with E-state index in [1.54, 1.807) is 0 Å². The Hall–Kier alpha value is -2.81. The minimum atomic E-state index is 0.906. The summed E-state index contributed by atoms with van der Waals surface area (Å²) < 4.78 is 2.17. The van der Waals surface area contributed by atoms with Gasteiger partial charge >= 0.3 is 0 Å². The molecule has 3 nitrogen and oxygen atoms in total. The van der Waals surface area contributed by atoms with Crippen LogP contribution in [-0.2, 0) is 7.05 Å². The van der Waals surface area contributed by atoms with Crippen molar-refractivity contribution in [1.82, 2.24) is 9.55 Å². The van der Waals surface area contributed by atoms with E-state index >= 15 is 0 Å². The van der Waals surface area contributed by atoms with Gasteiger partial charge in [0.2, 0.25) is 0 Å². The van der Waals surface area contributed by atoms with Crippen molar-refractivity contribution in [2.24, 2.45) is 7.05 Å². The van der Waals surface area contributed by atoms with Gasteiger partial charge in [-0.2, -0.15) is 0 Å². The smallest absolute Gasteiger partial charge is 0.141 e. The van der Waals surface area contributed by atoms with Gasteiger partial charge in [0, 0.05) is 31.0 Å². The summed E-state index contributed by atoms with van der Waals surface area (Å²) in [6.07, 6.45) is 8.45. The van der Waals surface area contributed by atoms with Crippen LogP contribution in [0.4, 0.5) is 5.69 Å². The highest BCUT2D eigenvalue weighted by Crippen LogP contribution is 2.32. The number of rotatable bonds is 2. The van der Waals surface area contributed by atoms with Crippen molar-refractivity contribution in [1.29, 1.82) is 0 Å². The van der Waals surface area contributed by atoms with E-state index in [4.69, 9.17) is 4.98 Å². The number of fused-ring (bicyclic) bond motifs is 1. The lowest BCUT2D eigenvalue weighted by Gasteiger charge is -2.24. The third-order valence-corrected chi connectivity index (χ3v) is 4.46. The topological polar surface area (TPSA) is 21.1 Å². The highest BCUT2D eigenvalue weighted by atomic mass is 15.1. The van der Waals surface area contributed by atoms with E-state index in [-0.39, 0.29) is 0 Å². The van der Waals surface area contributed by atoms with Gasteiger partial charge in [-0.1, -0.05) is 36.4 Å². The number of para-hydroxylation sites is 2. The number of anilines is 1. The molecule has 0 N–H and O–H groups in total. The lowest BCUT2D eigenvalue weighted by Crippen LogP contribution is -2.18. The normalized spacial score (nSPS) is 13.9. The van der Waals surface area contributed by atoms with Crippen molar-refractivity contribution in [3.8, 4) is 11.4 Å². The summed E-state index contributed by atoms with van der Waals surface area (Å²) in [4.78, 5) is 7.11. The fourth-order valence-corrected chi connectivity index (χ4v) is 3.21. The van der Waals surface area contributed by atoms with Crippen molar-refractivity contribution in [2.45, 2.75) is 6.92 Å². The fraction of sp³-hybridized carbons (Fsp3) is 0.150. The van der Waals surface area contributed by atoms with E-state index in [1.165, 1.54) is 16.8 Å². The Morgan fingerprint density at radius 2 is 1.87 bits per heavy atom. The molecule has 0 atom stereocenters. The van der Waals surface area contributed by atoms with Gasteiger partial charge < -0.3 is 9.47 Å². The second-order valence-corrected chi connectivity index (χ2v) is 5.85. The average molecular weight is 301 g/mol. The summed E-state index contributed by atoms with van der Waals surface area (Å²) in [5.74, 6) is 1.02. The van der Waals surface area contributed by atoms with E-state index in [0.717, 1.165) is 23.4 Å². The zero-order chi connectivity index (χ0) is 15.8. The van der Waals surface area contributed by atoms with E-state index in [1.807, 2.05) is 6.07 Å². The standard InChI is InChI=1S/C20H19N3/c1-15-16(9-8-12-18(15)23-13-6-3-7-14-23)20-21-17-10-4-5-11-19(17)22(20)2/h3-13H,14H2,1-2H3. The third kappa shape index (κ3) is 2.25. The molecule has 4 rings (SSSR count). The summed E-state index contributed by atoms with van der Waals surface area (Å²) in [6, 6.07) is 14.7. The SMILES string of the molecule is Cc1c(-c2nc3ccccc3n2C)cccc1N1C=CC=CC1. The molecule has 0 amide bonds. The molecule has 1 aliphatic heterocycles. The Kier molecular flexibility index (Phi) is 3.27. The van der Waals surface area contributed by atoms with Crippen LogP contribution < -0.4 is 4.90 Å². The maximum absolute atomic E-state index is 4.84. The lowest BCUT2D eigenvalue weighted by atomic mass is 10.0. The number of hydrogen-bond donors (Lipinski definition) is 0. The van der Waals surface area contributed by atoms with Crippen LogP contribution in [0.2, 0.25) is 0 Å². The Morgan fingerprint density at radius 3 is 2.65 bits per heavy atom. The zero-order valence-corrected chi connectivity index (χ0v) is 13.4. The Balaban J connectivity index is 1.87. The summed E-state index contributed by atoms with van der Waals surface area (Å²) in [5.41, 5.74) is 5.87. The Labute approximate surface area is 136 Å². The molecule has 1 aromatic heterocycles. The molecular weight excluding hydrogens is 282 g/mol. The van der Waals surface area contributed by atoms with Crippen LogP contribution in [0, 0.1) is 6.92 Å². The molecule has 0 unspecified atom stereocenters. The van der Waals surface area contributed by atoms with Gasteiger partial charge in [-0.15, -0.1) is 0 Å². The quantitative estimate of drug-likeness (QED) is 0.698. The largest absolute Gasteiger partial charge is 0.344 e. The molecule has 23 heavy (non-hydrogen) atoms. The van der Waals surface area contributed by atoms with Gasteiger partial charge in [-0.3, -0.25) is 0 Å². The first-order valence-electron chi connectivity index (χ1n) is 7.87. The van der Waals surface area contributed by atoms with Crippen LogP contribution in [0.15, 0.2) is 66.9 Å². The molecule has 0 saturated heterocycles. The van der Waals surface area contributed by atoms with Gasteiger partial charge in [-0.05, 0) is 36.8 Å². The van der Waals surface area contributed by atoms with Crippen LogP contribution in [0.3, 0.4) is 0 Å². The van der Waals surface area contributed by atoms with E-state index < -0.39 is 0 Å². The number of aryl methyl sites for hydroxylation is 1. The molecule has 3 aromatic rings. The van der Waals surface area contributed by atoms with Crippen LogP contribution in [0.25, 0.3) is 22.4 Å². The fourth-order valence-electron chi connectivity index (χ4n) is 3.21. The molecule has 0 radical (unpaired) electrons. The van der Waals surface area contributed by atoms with Gasteiger partial charge in [-0.25, -0.2) is 4.98 Å². The molecule has 3 heteroatoms. The third-order valence-electron chi connectivity index (χ3n) is 4.46. The van der Waals surface area contributed by atoms with E-state index in [9.17, 15) is 0 Å². The molecule has 0 bridgehead atoms. The first-order valence-corrected chi connectivity index (χ1v) is 7.87. The Bertz CT molecular complexity index is 931. The first-order chi connectivity index (χ1) is 11.3. The molecule has 0 saturated carbocycles. The van der Waals surface area contributed by atoms with Crippen molar-refractivity contribution in [2.75, 3.05) is 11.4 Å². The van der Waals surface area contributed by atoms with E-state index in [0.29, 0.717) is 0 Å². The molecule has 0 aliphatic carbocycles. The summed E-state index contributed by atoms with van der Waals surface area (Å²) in [6.45, 7) is 3.08. The number of nitrogens with zero attached hydrogens (tertiary/aromatic N) is 3. The van der Waals surface area contributed by atoms with Gasteiger partial charge in [0.25, 0.3) is 0 Å². The molecule has 2 aromatic carbocycles.